The number of rotatable bonds is 3. The summed E-state index contributed by atoms with van der Waals surface area (Å²) in [6, 6.07) is 3.51. The van der Waals surface area contributed by atoms with Crippen LogP contribution in [0.25, 0.3) is 0 Å². The Morgan fingerprint density at radius 3 is 2.60 bits per heavy atom. The van der Waals surface area contributed by atoms with Crippen molar-refractivity contribution >= 4 is 41.9 Å². The van der Waals surface area contributed by atoms with Gasteiger partial charge < -0.3 is 5.32 Å². The lowest BCUT2D eigenvalue weighted by molar-refractivity contribution is 0.300. The zero-order chi connectivity index (χ0) is 14.9. The first-order valence-corrected chi connectivity index (χ1v) is 9.51. The van der Waals surface area contributed by atoms with Gasteiger partial charge in [-0.3, -0.25) is 0 Å². The maximum atomic E-state index is 12.8. The summed E-state index contributed by atoms with van der Waals surface area (Å²) in [6.07, 6.45) is 1.90. The quantitative estimate of drug-likeness (QED) is 0.809. The van der Waals surface area contributed by atoms with Gasteiger partial charge in [0.1, 0.15) is 0 Å². The average Bonchev–Trinajstić information content (AvgIpc) is 2.42. The van der Waals surface area contributed by atoms with Gasteiger partial charge in [0.05, 0.1) is 4.90 Å². The second-order valence-corrected chi connectivity index (χ2v) is 8.73. The summed E-state index contributed by atoms with van der Waals surface area (Å²) in [6.45, 7) is 3.60. The first-order chi connectivity index (χ1) is 9.34. The molecule has 1 unspecified atom stereocenters. The number of nitrogens with zero attached hydrogens (tertiary/aromatic N) is 1. The zero-order valence-electron chi connectivity index (χ0n) is 11.5. The molecule has 7 heteroatoms. The number of benzene rings is 1. The largest absolute Gasteiger partial charge is 0.315 e. The smallest absolute Gasteiger partial charge is 0.244 e. The van der Waals surface area contributed by atoms with E-state index in [9.17, 15) is 8.42 Å². The van der Waals surface area contributed by atoms with E-state index in [4.69, 9.17) is 0 Å². The van der Waals surface area contributed by atoms with Gasteiger partial charge in [0.25, 0.3) is 0 Å². The molecule has 1 fully saturated rings. The van der Waals surface area contributed by atoms with Crippen LogP contribution in [0.2, 0.25) is 0 Å². The molecule has 1 atom stereocenters. The zero-order valence-corrected chi connectivity index (χ0v) is 15.5. The molecule has 0 bridgehead atoms. The predicted octanol–water partition coefficient (Wildman–Crippen LogP) is 2.89. The Bertz CT molecular complexity index is 599. The Morgan fingerprint density at radius 2 is 2.00 bits per heavy atom. The summed E-state index contributed by atoms with van der Waals surface area (Å²) in [5.41, 5.74) is 0.998. The Kier molecular flexibility index (Phi) is 5.29. The van der Waals surface area contributed by atoms with Crippen LogP contribution >= 0.6 is 31.9 Å². The highest BCUT2D eigenvalue weighted by molar-refractivity contribution is 9.11. The third-order valence-electron chi connectivity index (χ3n) is 3.66. The molecule has 0 radical (unpaired) electrons. The molecule has 0 aromatic heterocycles. The minimum Gasteiger partial charge on any atom is -0.315 e. The van der Waals surface area contributed by atoms with Crippen LogP contribution < -0.4 is 5.32 Å². The monoisotopic (exact) mass is 424 g/mol. The van der Waals surface area contributed by atoms with Crippen LogP contribution in [0.1, 0.15) is 18.4 Å². The molecular weight excluding hydrogens is 408 g/mol. The van der Waals surface area contributed by atoms with Crippen molar-refractivity contribution in [2.24, 2.45) is 0 Å². The van der Waals surface area contributed by atoms with Gasteiger partial charge in [0.15, 0.2) is 0 Å². The fraction of sp³-hybridized carbons (Fsp3) is 0.538. The molecule has 0 amide bonds. The first kappa shape index (κ1) is 16.4. The molecule has 1 aromatic rings. The predicted molar refractivity (Wildman–Crippen MR) is 87.4 cm³/mol. The van der Waals surface area contributed by atoms with E-state index in [1.54, 1.807) is 13.1 Å². The first-order valence-electron chi connectivity index (χ1n) is 6.48. The van der Waals surface area contributed by atoms with Crippen molar-refractivity contribution in [3.63, 3.8) is 0 Å². The maximum absolute atomic E-state index is 12.8. The van der Waals surface area contributed by atoms with E-state index in [0.717, 1.165) is 29.4 Å². The summed E-state index contributed by atoms with van der Waals surface area (Å²) < 4.78 is 28.4. The molecule has 1 aliphatic heterocycles. The van der Waals surface area contributed by atoms with Crippen molar-refractivity contribution in [1.29, 1.82) is 0 Å². The lowest BCUT2D eigenvalue weighted by atomic mass is 10.1. The van der Waals surface area contributed by atoms with Gasteiger partial charge in [0, 0.05) is 28.6 Å². The second kappa shape index (κ2) is 6.44. The Morgan fingerprint density at radius 1 is 1.30 bits per heavy atom. The van der Waals surface area contributed by atoms with E-state index in [1.807, 2.05) is 13.0 Å². The van der Waals surface area contributed by atoms with Crippen molar-refractivity contribution in [2.45, 2.75) is 30.7 Å². The summed E-state index contributed by atoms with van der Waals surface area (Å²) >= 11 is 6.77. The van der Waals surface area contributed by atoms with Crippen LogP contribution in [-0.4, -0.2) is 38.9 Å². The number of hydrogen-bond donors (Lipinski definition) is 1. The highest BCUT2D eigenvalue weighted by atomic mass is 79.9. The molecule has 1 N–H and O–H groups in total. The third-order valence-corrected chi connectivity index (χ3v) is 7.38. The number of likely N-dealkylation sites (N-methyl/N-ethyl adjacent to an activating group) is 1. The number of sulfonamides is 1. The van der Waals surface area contributed by atoms with E-state index >= 15 is 0 Å². The van der Waals surface area contributed by atoms with Gasteiger partial charge >= 0.3 is 0 Å². The molecule has 1 heterocycles. The van der Waals surface area contributed by atoms with Crippen molar-refractivity contribution in [1.82, 2.24) is 9.62 Å². The highest BCUT2D eigenvalue weighted by Gasteiger charge is 2.30. The van der Waals surface area contributed by atoms with Gasteiger partial charge in [-0.1, -0.05) is 15.9 Å². The second-order valence-electron chi connectivity index (χ2n) is 5.05. The number of piperidine rings is 1. The molecule has 1 saturated heterocycles. The third kappa shape index (κ3) is 3.27. The molecule has 0 spiro atoms. The molecular formula is C13H18Br2N2O2S. The lowest BCUT2D eigenvalue weighted by Gasteiger charge is -2.31. The summed E-state index contributed by atoms with van der Waals surface area (Å²) in [5, 5.41) is 3.25. The Balaban J connectivity index is 2.36. The Hall–Kier alpha value is 0.0500. The van der Waals surface area contributed by atoms with Gasteiger partial charge in [-0.15, -0.1) is 0 Å². The van der Waals surface area contributed by atoms with Crippen LogP contribution in [0, 0.1) is 6.92 Å². The van der Waals surface area contributed by atoms with Gasteiger partial charge in [-0.25, -0.2) is 8.42 Å². The van der Waals surface area contributed by atoms with E-state index < -0.39 is 10.0 Å². The molecule has 0 aliphatic carbocycles. The molecule has 0 saturated carbocycles. The topological polar surface area (TPSA) is 49.4 Å². The van der Waals surface area contributed by atoms with Gasteiger partial charge in [0.2, 0.25) is 10.0 Å². The highest BCUT2D eigenvalue weighted by Crippen LogP contribution is 2.31. The van der Waals surface area contributed by atoms with E-state index in [2.05, 4.69) is 37.2 Å². The SMILES string of the molecule is Cc1cc(Br)c(S(=O)(=O)N(C)C2CCCNC2)cc1Br. The van der Waals surface area contributed by atoms with Crippen molar-refractivity contribution in [2.75, 3.05) is 20.1 Å². The summed E-state index contributed by atoms with van der Waals surface area (Å²) in [5.74, 6) is 0. The summed E-state index contributed by atoms with van der Waals surface area (Å²) in [4.78, 5) is 0.308. The fourth-order valence-electron chi connectivity index (χ4n) is 2.32. The number of nitrogens with one attached hydrogen (secondary N) is 1. The number of aryl methyl sites for hydroxylation is 1. The van der Waals surface area contributed by atoms with E-state index in [0.29, 0.717) is 15.9 Å². The van der Waals surface area contributed by atoms with Crippen LogP contribution in [0.15, 0.2) is 26.0 Å². The number of halogens is 2. The van der Waals surface area contributed by atoms with Crippen molar-refractivity contribution in [3.05, 3.63) is 26.6 Å². The minimum atomic E-state index is -3.49. The average molecular weight is 426 g/mol. The standard InChI is InChI=1S/C13H18Br2N2O2S/c1-9-6-12(15)13(7-11(9)14)20(18,19)17(2)10-4-3-5-16-8-10/h6-7,10,16H,3-5,8H2,1-2H3. The minimum absolute atomic E-state index is 0.0146. The molecule has 1 aliphatic rings. The van der Waals surface area contributed by atoms with E-state index in [-0.39, 0.29) is 6.04 Å². The normalized spacial score (nSPS) is 20.4. The lowest BCUT2D eigenvalue weighted by Crippen LogP contribution is -2.46. The van der Waals surface area contributed by atoms with Crippen LogP contribution in [0.3, 0.4) is 0 Å². The molecule has 4 nitrogen and oxygen atoms in total. The number of hydrogen-bond acceptors (Lipinski definition) is 3. The van der Waals surface area contributed by atoms with Gasteiger partial charge in [-0.2, -0.15) is 4.31 Å². The maximum Gasteiger partial charge on any atom is 0.244 e. The van der Waals surface area contributed by atoms with E-state index in [1.165, 1.54) is 4.31 Å². The van der Waals surface area contributed by atoms with Crippen LogP contribution in [0.5, 0.6) is 0 Å². The molecule has 2 rings (SSSR count). The van der Waals surface area contributed by atoms with Crippen molar-refractivity contribution in [3.8, 4) is 0 Å². The molecule has 112 valence electrons. The van der Waals surface area contributed by atoms with Crippen LogP contribution in [-0.2, 0) is 10.0 Å². The molecule has 20 heavy (non-hydrogen) atoms. The van der Waals surface area contributed by atoms with Crippen LogP contribution in [0.4, 0.5) is 0 Å². The van der Waals surface area contributed by atoms with Gasteiger partial charge in [-0.05, 0) is 59.9 Å². The molecule has 1 aromatic carbocycles. The Labute approximate surface area is 137 Å². The fourth-order valence-corrected chi connectivity index (χ4v) is 5.34. The summed E-state index contributed by atoms with van der Waals surface area (Å²) in [7, 11) is -1.83. The van der Waals surface area contributed by atoms with Crippen molar-refractivity contribution < 1.29 is 8.42 Å².